The third kappa shape index (κ3) is 4.91. The van der Waals surface area contributed by atoms with E-state index in [0.717, 1.165) is 36.1 Å². The van der Waals surface area contributed by atoms with Gasteiger partial charge < -0.3 is 10.1 Å². The minimum absolute atomic E-state index is 0.730. The van der Waals surface area contributed by atoms with E-state index in [0.29, 0.717) is 0 Å². The van der Waals surface area contributed by atoms with Crippen molar-refractivity contribution < 1.29 is 4.74 Å². The van der Waals surface area contributed by atoms with Crippen LogP contribution in [0.2, 0.25) is 5.02 Å². The molecule has 1 aromatic carbocycles. The van der Waals surface area contributed by atoms with Crippen LogP contribution in [0.1, 0.15) is 15.4 Å². The monoisotopic (exact) mass is 296 g/mol. The van der Waals surface area contributed by atoms with Crippen molar-refractivity contribution in [2.75, 3.05) is 20.3 Å². The molecular weight excluding hydrogens is 280 g/mol. The molecule has 0 aliphatic carbocycles. The number of rotatable bonds is 7. The number of thiazole rings is 1. The van der Waals surface area contributed by atoms with Crippen LogP contribution in [0.5, 0.6) is 0 Å². The van der Waals surface area contributed by atoms with E-state index in [4.69, 9.17) is 16.3 Å². The minimum Gasteiger partial charge on any atom is -0.383 e. The van der Waals surface area contributed by atoms with Crippen molar-refractivity contribution in [1.82, 2.24) is 10.3 Å². The predicted octanol–water partition coefficient (Wildman–Crippen LogP) is 3.12. The number of hydrogen-bond donors (Lipinski definition) is 1. The number of halogens is 1. The summed E-state index contributed by atoms with van der Waals surface area (Å²) in [4.78, 5) is 5.69. The highest BCUT2D eigenvalue weighted by molar-refractivity contribution is 7.11. The van der Waals surface area contributed by atoms with Crippen LogP contribution in [0, 0.1) is 0 Å². The van der Waals surface area contributed by atoms with Gasteiger partial charge in [0, 0.05) is 42.7 Å². The van der Waals surface area contributed by atoms with Crippen molar-refractivity contribution in [2.45, 2.75) is 13.0 Å². The van der Waals surface area contributed by atoms with Gasteiger partial charge in [-0.15, -0.1) is 11.3 Å². The van der Waals surface area contributed by atoms with Gasteiger partial charge in [-0.3, -0.25) is 0 Å². The Labute approximate surface area is 122 Å². The molecule has 0 bridgehead atoms. The lowest BCUT2D eigenvalue weighted by Crippen LogP contribution is -2.17. The SMILES string of the molecule is COCCNCc1cnc(Cc2cccc(Cl)c2)s1. The Morgan fingerprint density at radius 3 is 3.11 bits per heavy atom. The second-order valence-corrected chi connectivity index (χ2v) is 5.83. The summed E-state index contributed by atoms with van der Waals surface area (Å²) in [6.07, 6.45) is 2.77. The summed E-state index contributed by atoms with van der Waals surface area (Å²) in [5, 5.41) is 5.20. The van der Waals surface area contributed by atoms with Gasteiger partial charge in [0.25, 0.3) is 0 Å². The Morgan fingerprint density at radius 1 is 1.42 bits per heavy atom. The average Bonchev–Trinajstić information content (AvgIpc) is 2.82. The fourth-order valence-electron chi connectivity index (χ4n) is 1.72. The van der Waals surface area contributed by atoms with E-state index in [-0.39, 0.29) is 0 Å². The van der Waals surface area contributed by atoms with Gasteiger partial charge in [0.2, 0.25) is 0 Å². The molecule has 0 fully saturated rings. The third-order valence-corrected chi connectivity index (χ3v) is 3.86. The molecule has 0 saturated heterocycles. The fourth-order valence-corrected chi connectivity index (χ4v) is 2.86. The molecule has 0 spiro atoms. The third-order valence-electron chi connectivity index (χ3n) is 2.63. The molecular formula is C14H17ClN2OS. The Kier molecular flexibility index (Phi) is 5.79. The summed E-state index contributed by atoms with van der Waals surface area (Å²) in [6, 6.07) is 7.92. The number of nitrogens with zero attached hydrogens (tertiary/aromatic N) is 1. The predicted molar refractivity (Wildman–Crippen MR) is 80.0 cm³/mol. The molecule has 0 saturated carbocycles. The van der Waals surface area contributed by atoms with Crippen molar-refractivity contribution in [1.29, 1.82) is 0 Å². The lowest BCUT2D eigenvalue weighted by atomic mass is 10.2. The van der Waals surface area contributed by atoms with Gasteiger partial charge in [-0.1, -0.05) is 23.7 Å². The van der Waals surface area contributed by atoms with E-state index < -0.39 is 0 Å². The molecule has 2 rings (SSSR count). The van der Waals surface area contributed by atoms with E-state index >= 15 is 0 Å². The molecule has 0 radical (unpaired) electrons. The maximum absolute atomic E-state index is 5.98. The van der Waals surface area contributed by atoms with Crippen molar-refractivity contribution in [2.24, 2.45) is 0 Å². The standard InChI is InChI=1S/C14H17ClN2OS/c1-18-6-5-16-9-13-10-17-14(19-13)8-11-3-2-4-12(15)7-11/h2-4,7,10,16H,5-6,8-9H2,1H3. The molecule has 0 aliphatic heterocycles. The summed E-state index contributed by atoms with van der Waals surface area (Å²) in [5.41, 5.74) is 1.20. The second-order valence-electron chi connectivity index (χ2n) is 4.20. The van der Waals surface area contributed by atoms with Crippen LogP contribution in [0.4, 0.5) is 0 Å². The number of benzene rings is 1. The van der Waals surface area contributed by atoms with Crippen molar-refractivity contribution in [3.8, 4) is 0 Å². The Balaban J connectivity index is 1.87. The molecule has 19 heavy (non-hydrogen) atoms. The molecule has 0 amide bonds. The Bertz CT molecular complexity index is 516. The molecule has 102 valence electrons. The van der Waals surface area contributed by atoms with E-state index in [2.05, 4.69) is 16.4 Å². The van der Waals surface area contributed by atoms with Gasteiger partial charge in [0.1, 0.15) is 0 Å². The van der Waals surface area contributed by atoms with Crippen LogP contribution in [0.25, 0.3) is 0 Å². The van der Waals surface area contributed by atoms with E-state index in [9.17, 15) is 0 Å². The summed E-state index contributed by atoms with van der Waals surface area (Å²) >= 11 is 7.71. The van der Waals surface area contributed by atoms with Gasteiger partial charge in [-0.25, -0.2) is 4.98 Å². The lowest BCUT2D eigenvalue weighted by Gasteiger charge is -2.00. The summed E-state index contributed by atoms with van der Waals surface area (Å²) in [7, 11) is 1.71. The van der Waals surface area contributed by atoms with E-state index in [1.165, 1.54) is 10.4 Å². The maximum Gasteiger partial charge on any atom is 0.0972 e. The van der Waals surface area contributed by atoms with Crippen LogP contribution < -0.4 is 5.32 Å². The average molecular weight is 297 g/mol. The normalized spacial score (nSPS) is 10.8. The van der Waals surface area contributed by atoms with E-state index in [1.54, 1.807) is 18.4 Å². The van der Waals surface area contributed by atoms with Crippen LogP contribution in [0.15, 0.2) is 30.5 Å². The molecule has 1 heterocycles. The second kappa shape index (κ2) is 7.60. The van der Waals surface area contributed by atoms with Gasteiger partial charge in [0.15, 0.2) is 0 Å². The Hall–Kier alpha value is -0.940. The number of methoxy groups -OCH3 is 1. The topological polar surface area (TPSA) is 34.1 Å². The maximum atomic E-state index is 5.98. The number of hydrogen-bond acceptors (Lipinski definition) is 4. The Morgan fingerprint density at radius 2 is 2.32 bits per heavy atom. The molecule has 2 aromatic rings. The number of nitrogens with one attached hydrogen (secondary N) is 1. The zero-order chi connectivity index (χ0) is 13.5. The van der Waals surface area contributed by atoms with E-state index in [1.807, 2.05) is 24.4 Å². The first-order valence-electron chi connectivity index (χ1n) is 6.15. The zero-order valence-electron chi connectivity index (χ0n) is 10.9. The van der Waals surface area contributed by atoms with Crippen LogP contribution >= 0.6 is 22.9 Å². The fraction of sp³-hybridized carbons (Fsp3) is 0.357. The molecule has 3 nitrogen and oxygen atoms in total. The van der Waals surface area contributed by atoms with Gasteiger partial charge >= 0.3 is 0 Å². The van der Waals surface area contributed by atoms with Gasteiger partial charge in [-0.05, 0) is 17.7 Å². The molecule has 5 heteroatoms. The highest BCUT2D eigenvalue weighted by atomic mass is 35.5. The molecule has 1 N–H and O–H groups in total. The van der Waals surface area contributed by atoms with Crippen LogP contribution in [-0.2, 0) is 17.7 Å². The van der Waals surface area contributed by atoms with Crippen LogP contribution in [0.3, 0.4) is 0 Å². The molecule has 0 aliphatic rings. The lowest BCUT2D eigenvalue weighted by molar-refractivity contribution is 0.199. The molecule has 0 atom stereocenters. The minimum atomic E-state index is 0.730. The van der Waals surface area contributed by atoms with Crippen molar-refractivity contribution >= 4 is 22.9 Å². The molecule has 0 unspecified atom stereocenters. The summed E-state index contributed by atoms with van der Waals surface area (Å²) in [6.45, 7) is 2.43. The molecule has 1 aromatic heterocycles. The van der Waals surface area contributed by atoms with Crippen molar-refractivity contribution in [3.63, 3.8) is 0 Å². The van der Waals surface area contributed by atoms with Crippen LogP contribution in [-0.4, -0.2) is 25.2 Å². The first-order chi connectivity index (χ1) is 9.28. The number of ether oxygens (including phenoxy) is 1. The highest BCUT2D eigenvalue weighted by Gasteiger charge is 2.03. The first kappa shape index (κ1) is 14.5. The summed E-state index contributed by atoms with van der Waals surface area (Å²) in [5.74, 6) is 0. The summed E-state index contributed by atoms with van der Waals surface area (Å²) < 4.78 is 4.99. The number of aromatic nitrogens is 1. The van der Waals surface area contributed by atoms with Gasteiger partial charge in [-0.2, -0.15) is 0 Å². The zero-order valence-corrected chi connectivity index (χ0v) is 12.4. The van der Waals surface area contributed by atoms with Crippen molar-refractivity contribution in [3.05, 3.63) is 50.9 Å². The first-order valence-corrected chi connectivity index (χ1v) is 7.35. The largest absolute Gasteiger partial charge is 0.383 e. The van der Waals surface area contributed by atoms with Gasteiger partial charge in [0.05, 0.1) is 11.6 Å². The quantitative estimate of drug-likeness (QED) is 0.797. The highest BCUT2D eigenvalue weighted by Crippen LogP contribution is 2.18. The smallest absolute Gasteiger partial charge is 0.0972 e.